The number of methoxy groups -OCH3 is 1. The number of benzene rings is 1. The number of hydrogen-bond acceptors (Lipinski definition) is 5. The molecule has 2 N–H and O–H groups in total. The Morgan fingerprint density at radius 3 is 2.76 bits per heavy atom. The van der Waals surface area contributed by atoms with Crippen LogP contribution < -0.4 is 15.0 Å². The summed E-state index contributed by atoms with van der Waals surface area (Å²) in [5.74, 6) is 1.20. The molecule has 3 rings (SSSR count). The van der Waals surface area contributed by atoms with Crippen molar-refractivity contribution in [2.75, 3.05) is 38.2 Å². The minimum atomic E-state index is 0. The van der Waals surface area contributed by atoms with Crippen molar-refractivity contribution in [1.82, 2.24) is 20.0 Å². The highest BCUT2D eigenvalue weighted by atomic mass is 127. The van der Waals surface area contributed by atoms with E-state index in [-0.39, 0.29) is 42.2 Å². The van der Waals surface area contributed by atoms with E-state index in [2.05, 4.69) is 15.4 Å². The highest BCUT2D eigenvalue weighted by Gasteiger charge is 2.27. The van der Waals surface area contributed by atoms with Crippen LogP contribution in [0.2, 0.25) is 0 Å². The average molecular weight is 514 g/mol. The van der Waals surface area contributed by atoms with Gasteiger partial charge in [-0.3, -0.25) is 9.48 Å². The van der Waals surface area contributed by atoms with Gasteiger partial charge in [0.15, 0.2) is 17.5 Å². The standard InChI is InChI=1S/C19H26N6O3.HI/c1-4-20-19(21-10-14-5-6-17(28-3)16(26)9-14)24-7-8-25(18(27)13-24)15-11-22-23(2)12-15;/h5-6,9,11-12,26H,4,7-8,10,13H2,1-3H3,(H,20,21);1H. The Morgan fingerprint density at radius 2 is 2.17 bits per heavy atom. The van der Waals surface area contributed by atoms with Crippen LogP contribution >= 0.6 is 24.0 Å². The van der Waals surface area contributed by atoms with Gasteiger partial charge < -0.3 is 25.0 Å². The molecule has 1 fully saturated rings. The molecule has 0 aliphatic carbocycles. The Hall–Kier alpha value is -2.50. The third kappa shape index (κ3) is 5.52. The number of halogens is 1. The number of aromatic hydroxyl groups is 1. The first-order valence-electron chi connectivity index (χ1n) is 9.20. The summed E-state index contributed by atoms with van der Waals surface area (Å²) in [6.45, 7) is 4.55. The monoisotopic (exact) mass is 514 g/mol. The summed E-state index contributed by atoms with van der Waals surface area (Å²) in [6, 6.07) is 5.21. The number of piperazine rings is 1. The number of nitrogens with zero attached hydrogens (tertiary/aromatic N) is 5. The minimum Gasteiger partial charge on any atom is -0.504 e. The largest absolute Gasteiger partial charge is 0.504 e. The Kier molecular flexibility index (Phi) is 8.11. The molecule has 0 unspecified atom stereocenters. The number of ether oxygens (including phenoxy) is 1. The van der Waals surface area contributed by atoms with E-state index in [4.69, 9.17) is 4.74 Å². The van der Waals surface area contributed by atoms with Crippen LogP contribution in [0.15, 0.2) is 35.6 Å². The molecule has 10 heteroatoms. The zero-order valence-corrected chi connectivity index (χ0v) is 19.2. The molecule has 158 valence electrons. The molecule has 1 aromatic heterocycles. The summed E-state index contributed by atoms with van der Waals surface area (Å²) >= 11 is 0. The number of carbonyl (C=O) groups is 1. The van der Waals surface area contributed by atoms with E-state index in [1.54, 1.807) is 27.9 Å². The molecule has 9 nitrogen and oxygen atoms in total. The summed E-state index contributed by atoms with van der Waals surface area (Å²) in [7, 11) is 3.34. The summed E-state index contributed by atoms with van der Waals surface area (Å²) in [5.41, 5.74) is 1.66. The van der Waals surface area contributed by atoms with Crippen molar-refractivity contribution in [2.24, 2.45) is 12.0 Å². The molecule has 2 heterocycles. The van der Waals surface area contributed by atoms with Crippen molar-refractivity contribution < 1.29 is 14.6 Å². The summed E-state index contributed by atoms with van der Waals surface area (Å²) in [5, 5.41) is 17.3. The second-order valence-electron chi connectivity index (χ2n) is 6.52. The maximum Gasteiger partial charge on any atom is 0.246 e. The van der Waals surface area contributed by atoms with Gasteiger partial charge >= 0.3 is 0 Å². The Morgan fingerprint density at radius 1 is 1.38 bits per heavy atom. The normalized spacial score (nSPS) is 14.6. The van der Waals surface area contributed by atoms with Crippen LogP contribution in [0.4, 0.5) is 5.69 Å². The molecule has 0 saturated carbocycles. The molecule has 0 bridgehead atoms. The third-order valence-corrected chi connectivity index (χ3v) is 4.51. The Balaban J connectivity index is 0.00000300. The van der Waals surface area contributed by atoms with E-state index >= 15 is 0 Å². The van der Waals surface area contributed by atoms with E-state index in [9.17, 15) is 9.90 Å². The number of amides is 1. The van der Waals surface area contributed by atoms with E-state index in [0.717, 1.165) is 11.3 Å². The predicted octanol–water partition coefficient (Wildman–Crippen LogP) is 1.57. The smallest absolute Gasteiger partial charge is 0.246 e. The number of nitrogens with one attached hydrogen (secondary N) is 1. The summed E-state index contributed by atoms with van der Waals surface area (Å²) in [6.07, 6.45) is 3.53. The van der Waals surface area contributed by atoms with Gasteiger partial charge in [-0.15, -0.1) is 24.0 Å². The third-order valence-electron chi connectivity index (χ3n) is 4.51. The Bertz CT molecular complexity index is 869. The fourth-order valence-corrected chi connectivity index (χ4v) is 3.10. The van der Waals surface area contributed by atoms with Gasteiger partial charge in [0, 0.05) is 32.9 Å². The fourth-order valence-electron chi connectivity index (χ4n) is 3.10. The highest BCUT2D eigenvalue weighted by Crippen LogP contribution is 2.26. The van der Waals surface area contributed by atoms with Gasteiger partial charge in [-0.1, -0.05) is 6.07 Å². The molecule has 1 aromatic carbocycles. The second kappa shape index (κ2) is 10.3. The Labute approximate surface area is 187 Å². The van der Waals surface area contributed by atoms with Crippen molar-refractivity contribution in [3.63, 3.8) is 0 Å². The van der Waals surface area contributed by atoms with Crippen LogP contribution in [0, 0.1) is 0 Å². The van der Waals surface area contributed by atoms with Gasteiger partial charge in [0.05, 0.1) is 25.5 Å². The van der Waals surface area contributed by atoms with Gasteiger partial charge in [0.1, 0.15) is 6.54 Å². The SMILES string of the molecule is CCNC(=NCc1ccc(OC)c(O)c1)N1CCN(c2cnn(C)c2)C(=O)C1.I. The maximum absolute atomic E-state index is 12.6. The first-order valence-corrected chi connectivity index (χ1v) is 9.20. The summed E-state index contributed by atoms with van der Waals surface area (Å²) in [4.78, 5) is 21.0. The number of aryl methyl sites for hydroxylation is 1. The molecule has 1 aliphatic heterocycles. The van der Waals surface area contributed by atoms with Gasteiger partial charge in [-0.05, 0) is 24.6 Å². The number of carbonyl (C=O) groups excluding carboxylic acids is 1. The first-order chi connectivity index (χ1) is 13.5. The molecule has 1 amide bonds. The van der Waals surface area contributed by atoms with Crippen LogP contribution in [0.5, 0.6) is 11.5 Å². The predicted molar refractivity (Wildman–Crippen MR) is 122 cm³/mol. The number of phenols is 1. The molecular formula is C19H27IN6O3. The zero-order valence-electron chi connectivity index (χ0n) is 16.8. The average Bonchev–Trinajstić information content (AvgIpc) is 3.11. The van der Waals surface area contributed by atoms with E-state index in [1.807, 2.05) is 31.1 Å². The molecular weight excluding hydrogens is 487 g/mol. The topological polar surface area (TPSA) is 95.2 Å². The van der Waals surface area contributed by atoms with Gasteiger partial charge in [0.25, 0.3) is 0 Å². The van der Waals surface area contributed by atoms with Gasteiger partial charge in [-0.25, -0.2) is 4.99 Å². The number of aromatic nitrogens is 2. The van der Waals surface area contributed by atoms with E-state index in [1.165, 1.54) is 7.11 Å². The molecule has 0 atom stereocenters. The number of aliphatic imine (C=N–C) groups is 1. The molecule has 0 radical (unpaired) electrons. The van der Waals surface area contributed by atoms with Gasteiger partial charge in [0.2, 0.25) is 5.91 Å². The number of phenolic OH excluding ortho intramolecular Hbond substituents is 1. The number of guanidine groups is 1. The van der Waals surface area contributed by atoms with Crippen LogP contribution in [0.25, 0.3) is 0 Å². The lowest BCUT2D eigenvalue weighted by Gasteiger charge is -2.35. The van der Waals surface area contributed by atoms with Crippen molar-refractivity contribution in [3.8, 4) is 11.5 Å². The van der Waals surface area contributed by atoms with E-state index < -0.39 is 0 Å². The van der Waals surface area contributed by atoms with Crippen LogP contribution in [0.3, 0.4) is 0 Å². The van der Waals surface area contributed by atoms with Crippen molar-refractivity contribution in [3.05, 3.63) is 36.2 Å². The fraction of sp³-hybridized carbons (Fsp3) is 0.421. The zero-order chi connectivity index (χ0) is 20.1. The number of hydrogen-bond donors (Lipinski definition) is 2. The number of anilines is 1. The van der Waals surface area contributed by atoms with Crippen LogP contribution in [-0.4, -0.2) is 64.9 Å². The van der Waals surface area contributed by atoms with E-state index in [0.29, 0.717) is 37.9 Å². The van der Waals surface area contributed by atoms with Crippen molar-refractivity contribution in [2.45, 2.75) is 13.5 Å². The quantitative estimate of drug-likeness (QED) is 0.358. The molecule has 2 aromatic rings. The highest BCUT2D eigenvalue weighted by molar-refractivity contribution is 14.0. The molecule has 29 heavy (non-hydrogen) atoms. The molecule has 0 spiro atoms. The van der Waals surface area contributed by atoms with Crippen molar-refractivity contribution in [1.29, 1.82) is 0 Å². The van der Waals surface area contributed by atoms with Crippen LogP contribution in [0.1, 0.15) is 12.5 Å². The number of rotatable bonds is 5. The molecule has 1 aliphatic rings. The lowest BCUT2D eigenvalue weighted by Crippen LogP contribution is -2.55. The second-order valence-corrected chi connectivity index (χ2v) is 6.52. The maximum atomic E-state index is 12.6. The lowest BCUT2D eigenvalue weighted by atomic mass is 10.2. The first kappa shape index (κ1) is 22.8. The van der Waals surface area contributed by atoms with Crippen LogP contribution in [-0.2, 0) is 18.4 Å². The lowest BCUT2D eigenvalue weighted by molar-refractivity contribution is -0.120. The van der Waals surface area contributed by atoms with Gasteiger partial charge in [-0.2, -0.15) is 5.10 Å². The van der Waals surface area contributed by atoms with Crippen molar-refractivity contribution >= 4 is 41.5 Å². The minimum absolute atomic E-state index is 0. The molecule has 1 saturated heterocycles. The summed E-state index contributed by atoms with van der Waals surface area (Å²) < 4.78 is 6.75.